The predicted molar refractivity (Wildman–Crippen MR) is 58.5 cm³/mol. The third-order valence-electron chi connectivity index (χ3n) is 2.04. The topological polar surface area (TPSA) is 94.9 Å². The Morgan fingerprint density at radius 1 is 1.19 bits per heavy atom. The van der Waals surface area contributed by atoms with Crippen LogP contribution in [0.4, 0.5) is 11.5 Å². The molecule has 1 heterocycles. The third-order valence-corrected chi connectivity index (χ3v) is 2.04. The van der Waals surface area contributed by atoms with Crippen LogP contribution in [0.15, 0.2) is 36.4 Å². The summed E-state index contributed by atoms with van der Waals surface area (Å²) < 4.78 is 0. The molecule has 0 aliphatic rings. The lowest BCUT2D eigenvalue weighted by Gasteiger charge is -1.99. The molecule has 1 aromatic heterocycles. The SMILES string of the molecule is Nc1ccc(-c2cccc([N+](=O)[O-])c2)nn1. The molecule has 0 radical (unpaired) electrons. The Kier molecular flexibility index (Phi) is 2.47. The van der Waals surface area contributed by atoms with Crippen molar-refractivity contribution in [2.45, 2.75) is 0 Å². The second-order valence-corrected chi connectivity index (χ2v) is 3.15. The third kappa shape index (κ3) is 1.95. The van der Waals surface area contributed by atoms with Crippen LogP contribution in [0, 0.1) is 10.1 Å². The number of nitrogens with two attached hydrogens (primary N) is 1. The average molecular weight is 216 g/mol. The van der Waals surface area contributed by atoms with Crippen LogP contribution < -0.4 is 5.73 Å². The van der Waals surface area contributed by atoms with Gasteiger partial charge in [0.05, 0.1) is 10.6 Å². The number of nitrogen functional groups attached to an aromatic ring is 1. The second kappa shape index (κ2) is 3.93. The highest BCUT2D eigenvalue weighted by atomic mass is 16.6. The van der Waals surface area contributed by atoms with Crippen molar-refractivity contribution in [3.05, 3.63) is 46.5 Å². The molecule has 1 aromatic carbocycles. The number of nitrogens with zero attached hydrogens (tertiary/aromatic N) is 3. The molecular formula is C10H8N4O2. The molecule has 0 unspecified atom stereocenters. The van der Waals surface area contributed by atoms with Crippen LogP contribution >= 0.6 is 0 Å². The van der Waals surface area contributed by atoms with Crippen LogP contribution in [0.5, 0.6) is 0 Å². The van der Waals surface area contributed by atoms with Crippen molar-refractivity contribution in [1.29, 1.82) is 0 Å². The molecule has 0 aliphatic heterocycles. The van der Waals surface area contributed by atoms with E-state index in [0.717, 1.165) is 0 Å². The molecule has 2 N–H and O–H groups in total. The van der Waals surface area contributed by atoms with E-state index >= 15 is 0 Å². The number of nitro benzene ring substituents is 1. The van der Waals surface area contributed by atoms with E-state index in [1.807, 2.05) is 0 Å². The van der Waals surface area contributed by atoms with Gasteiger partial charge in [0.1, 0.15) is 5.82 Å². The van der Waals surface area contributed by atoms with Crippen LogP contribution in [0.3, 0.4) is 0 Å². The number of hydrogen-bond donors (Lipinski definition) is 1. The lowest BCUT2D eigenvalue weighted by Crippen LogP contribution is -1.94. The van der Waals surface area contributed by atoms with Crippen molar-refractivity contribution < 1.29 is 4.92 Å². The Bertz CT molecular complexity index is 525. The van der Waals surface area contributed by atoms with Gasteiger partial charge in [-0.3, -0.25) is 10.1 Å². The molecule has 2 rings (SSSR count). The van der Waals surface area contributed by atoms with E-state index in [1.165, 1.54) is 12.1 Å². The maximum atomic E-state index is 10.6. The summed E-state index contributed by atoms with van der Waals surface area (Å²) in [5.74, 6) is 0.314. The molecule has 0 saturated heterocycles. The molecule has 0 saturated carbocycles. The van der Waals surface area contributed by atoms with Crippen LogP contribution in [0.1, 0.15) is 0 Å². The Morgan fingerprint density at radius 2 is 2.00 bits per heavy atom. The first-order valence-electron chi connectivity index (χ1n) is 4.51. The summed E-state index contributed by atoms with van der Waals surface area (Å²) in [5.41, 5.74) is 6.62. The van der Waals surface area contributed by atoms with Crippen LogP contribution in [-0.2, 0) is 0 Å². The number of aromatic nitrogens is 2. The largest absolute Gasteiger partial charge is 0.382 e. The highest BCUT2D eigenvalue weighted by Gasteiger charge is 2.07. The van der Waals surface area contributed by atoms with Crippen LogP contribution in [0.2, 0.25) is 0 Å². The van der Waals surface area contributed by atoms with Crippen molar-refractivity contribution in [2.75, 3.05) is 5.73 Å². The van der Waals surface area contributed by atoms with E-state index in [-0.39, 0.29) is 5.69 Å². The first-order valence-corrected chi connectivity index (χ1v) is 4.51. The molecular weight excluding hydrogens is 208 g/mol. The van der Waals surface area contributed by atoms with Gasteiger partial charge in [-0.05, 0) is 12.1 Å². The highest BCUT2D eigenvalue weighted by molar-refractivity contribution is 5.62. The molecule has 2 aromatic rings. The Labute approximate surface area is 90.9 Å². The molecule has 80 valence electrons. The van der Waals surface area contributed by atoms with E-state index < -0.39 is 4.92 Å². The molecule has 0 atom stereocenters. The van der Waals surface area contributed by atoms with E-state index in [4.69, 9.17) is 5.73 Å². The standard InChI is InChI=1S/C10H8N4O2/c11-10-5-4-9(12-13-10)7-2-1-3-8(6-7)14(15)16/h1-6H,(H2,11,13). The molecule has 6 heteroatoms. The second-order valence-electron chi connectivity index (χ2n) is 3.15. The maximum absolute atomic E-state index is 10.6. The fourth-order valence-electron chi connectivity index (χ4n) is 1.28. The van der Waals surface area contributed by atoms with Gasteiger partial charge in [0.2, 0.25) is 0 Å². The average Bonchev–Trinajstić information content (AvgIpc) is 2.30. The Hall–Kier alpha value is -2.50. The van der Waals surface area contributed by atoms with Gasteiger partial charge in [-0.25, -0.2) is 0 Å². The number of non-ortho nitro benzene ring substituents is 1. The van der Waals surface area contributed by atoms with Gasteiger partial charge in [-0.1, -0.05) is 12.1 Å². The summed E-state index contributed by atoms with van der Waals surface area (Å²) in [5, 5.41) is 18.1. The fraction of sp³-hybridized carbons (Fsp3) is 0. The summed E-state index contributed by atoms with van der Waals surface area (Å²) in [7, 11) is 0. The molecule has 16 heavy (non-hydrogen) atoms. The van der Waals surface area contributed by atoms with Gasteiger partial charge in [0.25, 0.3) is 5.69 Å². The summed E-state index contributed by atoms with van der Waals surface area (Å²) in [6.07, 6.45) is 0. The minimum Gasteiger partial charge on any atom is -0.382 e. The number of rotatable bonds is 2. The van der Waals surface area contributed by atoms with Gasteiger partial charge in [-0.15, -0.1) is 10.2 Å². The predicted octanol–water partition coefficient (Wildman–Crippen LogP) is 1.63. The van der Waals surface area contributed by atoms with Crippen LogP contribution in [-0.4, -0.2) is 15.1 Å². The monoisotopic (exact) mass is 216 g/mol. The van der Waals surface area contributed by atoms with E-state index in [0.29, 0.717) is 17.1 Å². The van der Waals surface area contributed by atoms with Gasteiger partial charge in [-0.2, -0.15) is 0 Å². The lowest BCUT2D eigenvalue weighted by molar-refractivity contribution is -0.384. The quantitative estimate of drug-likeness (QED) is 0.608. The smallest absolute Gasteiger partial charge is 0.270 e. The minimum atomic E-state index is -0.450. The van der Waals surface area contributed by atoms with Gasteiger partial charge in [0.15, 0.2) is 0 Å². The molecule has 0 aliphatic carbocycles. The normalized spacial score (nSPS) is 10.0. The molecule has 0 amide bonds. The van der Waals surface area contributed by atoms with Gasteiger partial charge >= 0.3 is 0 Å². The zero-order valence-corrected chi connectivity index (χ0v) is 8.20. The number of nitro groups is 1. The molecule has 0 spiro atoms. The Balaban J connectivity index is 2.44. The minimum absolute atomic E-state index is 0.0242. The van der Waals surface area contributed by atoms with Crippen molar-refractivity contribution >= 4 is 11.5 Å². The van der Waals surface area contributed by atoms with Crippen LogP contribution in [0.25, 0.3) is 11.3 Å². The van der Waals surface area contributed by atoms with Gasteiger partial charge < -0.3 is 5.73 Å². The van der Waals surface area contributed by atoms with E-state index in [1.54, 1.807) is 24.3 Å². The van der Waals surface area contributed by atoms with Crippen molar-refractivity contribution in [1.82, 2.24) is 10.2 Å². The van der Waals surface area contributed by atoms with Crippen molar-refractivity contribution in [2.24, 2.45) is 0 Å². The first-order chi connectivity index (χ1) is 7.66. The maximum Gasteiger partial charge on any atom is 0.270 e. The zero-order chi connectivity index (χ0) is 11.5. The summed E-state index contributed by atoms with van der Waals surface area (Å²) in [6.45, 7) is 0. The molecule has 6 nitrogen and oxygen atoms in total. The summed E-state index contributed by atoms with van der Waals surface area (Å²) >= 11 is 0. The Morgan fingerprint density at radius 3 is 2.62 bits per heavy atom. The summed E-state index contributed by atoms with van der Waals surface area (Å²) in [4.78, 5) is 10.1. The number of benzene rings is 1. The zero-order valence-electron chi connectivity index (χ0n) is 8.20. The van der Waals surface area contributed by atoms with Gasteiger partial charge in [0, 0.05) is 17.7 Å². The number of anilines is 1. The van der Waals surface area contributed by atoms with E-state index in [2.05, 4.69) is 10.2 Å². The van der Waals surface area contributed by atoms with Crippen molar-refractivity contribution in [3.8, 4) is 11.3 Å². The fourth-order valence-corrected chi connectivity index (χ4v) is 1.28. The molecule has 0 bridgehead atoms. The van der Waals surface area contributed by atoms with Crippen molar-refractivity contribution in [3.63, 3.8) is 0 Å². The lowest BCUT2D eigenvalue weighted by atomic mass is 10.1. The highest BCUT2D eigenvalue weighted by Crippen LogP contribution is 2.21. The molecule has 0 fully saturated rings. The van der Waals surface area contributed by atoms with E-state index in [9.17, 15) is 10.1 Å². The number of hydrogen-bond acceptors (Lipinski definition) is 5. The summed E-state index contributed by atoms with van der Waals surface area (Å²) in [6, 6.07) is 9.47. The first kappa shape index (κ1) is 10.0.